The molecule has 0 saturated carbocycles. The zero-order chi connectivity index (χ0) is 26.7. The van der Waals surface area contributed by atoms with Crippen LogP contribution in [-0.2, 0) is 17.6 Å². The van der Waals surface area contributed by atoms with Gasteiger partial charge in [0, 0.05) is 73.7 Å². The van der Waals surface area contributed by atoms with Gasteiger partial charge in [0.15, 0.2) is 0 Å². The zero-order valence-corrected chi connectivity index (χ0v) is 23.2. The van der Waals surface area contributed by atoms with Crippen LogP contribution in [0.25, 0.3) is 5.65 Å². The maximum atomic E-state index is 13.3. The lowest BCUT2D eigenvalue weighted by Crippen LogP contribution is -2.49. The first-order valence-electron chi connectivity index (χ1n) is 13.3. The number of imidazole rings is 1. The number of rotatable bonds is 6. The fourth-order valence-corrected chi connectivity index (χ4v) is 4.38. The molecule has 4 heterocycles. The van der Waals surface area contributed by atoms with Crippen molar-refractivity contribution in [1.29, 1.82) is 0 Å². The van der Waals surface area contributed by atoms with Gasteiger partial charge in [0.2, 0.25) is 0 Å². The normalized spacial score (nSPS) is 15.1. The number of carbonyl (C=O) groups is 1. The maximum absolute atomic E-state index is 13.3. The monoisotopic (exact) mass is 497 g/mol. The van der Waals surface area contributed by atoms with Crippen molar-refractivity contribution in [1.82, 2.24) is 19.7 Å². The van der Waals surface area contributed by atoms with Crippen LogP contribution >= 0.6 is 0 Å². The molecule has 0 aromatic carbocycles. The van der Waals surface area contributed by atoms with E-state index < -0.39 is 0 Å². The predicted octanol–water partition coefficient (Wildman–Crippen LogP) is 5.86. The number of nitrogens with zero attached hydrogens (tertiary/aromatic N) is 4. The summed E-state index contributed by atoms with van der Waals surface area (Å²) in [5.74, 6) is 0.123. The van der Waals surface area contributed by atoms with E-state index in [-0.39, 0.29) is 11.6 Å². The Kier molecular flexibility index (Phi) is 12.0. The zero-order valence-electron chi connectivity index (χ0n) is 23.2. The largest absolute Gasteiger partial charge is 0.368 e. The number of anilines is 1. The van der Waals surface area contributed by atoms with Gasteiger partial charge in [0.1, 0.15) is 17.2 Å². The van der Waals surface area contributed by atoms with Gasteiger partial charge in [-0.05, 0) is 58.6 Å². The molecule has 0 unspecified atom stereocenters. The second-order valence-corrected chi connectivity index (χ2v) is 9.55. The molecule has 1 aliphatic rings. The third-order valence-corrected chi connectivity index (χ3v) is 6.18. The molecular formula is C29H44FN5O. The van der Waals surface area contributed by atoms with E-state index in [1.807, 2.05) is 37.6 Å². The Labute approximate surface area is 216 Å². The number of fused-ring (bicyclic) bond motifs is 1. The third-order valence-electron chi connectivity index (χ3n) is 6.18. The second-order valence-electron chi connectivity index (χ2n) is 9.55. The van der Waals surface area contributed by atoms with Crippen LogP contribution in [0.3, 0.4) is 0 Å². The number of pyridine rings is 2. The standard InChI is InChI=1S/C14H23N3.C10H11FN2.C5H10O/c1-4-5-13-12(3)16-7-6-14(13)17-9-8-15-11(2)10-17;1-3-8-6-13-5-7(2)12-10(13)4-9(8)11;1-3-4-5(2)6/h6-7,11,15H,4-5,8-10H2,1-3H3;4-6H,3H2,1-2H3;3-4H2,1-2H3/t11-;;/m0../s1. The summed E-state index contributed by atoms with van der Waals surface area (Å²) in [5, 5.41) is 3.49. The summed E-state index contributed by atoms with van der Waals surface area (Å²) in [6.45, 7) is 17.3. The van der Waals surface area contributed by atoms with Crippen LogP contribution in [0.2, 0.25) is 0 Å². The van der Waals surface area contributed by atoms with Gasteiger partial charge in [-0.3, -0.25) is 4.98 Å². The van der Waals surface area contributed by atoms with E-state index in [0.717, 1.165) is 50.2 Å². The topological polar surface area (TPSA) is 62.5 Å². The molecule has 1 N–H and O–H groups in total. The molecule has 0 bridgehead atoms. The summed E-state index contributed by atoms with van der Waals surface area (Å²) in [6, 6.07) is 4.23. The number of Topliss-reactive ketones (excluding diaryl/α,β-unsaturated/α-hetero) is 1. The Morgan fingerprint density at radius 1 is 1.19 bits per heavy atom. The number of nitrogens with one attached hydrogen (secondary N) is 1. The van der Waals surface area contributed by atoms with E-state index in [4.69, 9.17) is 0 Å². The highest BCUT2D eigenvalue weighted by atomic mass is 19.1. The summed E-state index contributed by atoms with van der Waals surface area (Å²) in [4.78, 5) is 21.1. The number of carbonyl (C=O) groups excluding carboxylic acids is 1. The van der Waals surface area contributed by atoms with Gasteiger partial charge in [0.05, 0.1) is 5.69 Å². The molecule has 0 amide bonds. The third kappa shape index (κ3) is 8.70. The quantitative estimate of drug-likeness (QED) is 0.462. The Hall–Kier alpha value is -2.80. The van der Waals surface area contributed by atoms with Crippen LogP contribution in [0, 0.1) is 19.7 Å². The van der Waals surface area contributed by atoms with Gasteiger partial charge < -0.3 is 19.4 Å². The predicted molar refractivity (Wildman–Crippen MR) is 148 cm³/mol. The molecule has 6 nitrogen and oxygen atoms in total. The molecule has 3 aromatic rings. The Bertz CT molecular complexity index is 1110. The summed E-state index contributed by atoms with van der Waals surface area (Å²) < 4.78 is 15.1. The van der Waals surface area contributed by atoms with Gasteiger partial charge in [-0.1, -0.05) is 27.2 Å². The molecule has 7 heteroatoms. The van der Waals surface area contributed by atoms with Crippen molar-refractivity contribution in [2.75, 3.05) is 24.5 Å². The Balaban J connectivity index is 0.000000212. The smallest absolute Gasteiger partial charge is 0.139 e. The summed E-state index contributed by atoms with van der Waals surface area (Å²) in [6.07, 6.45) is 10.4. The minimum atomic E-state index is -0.166. The summed E-state index contributed by atoms with van der Waals surface area (Å²) in [5.41, 5.74) is 6.33. The molecule has 4 rings (SSSR count). The molecule has 0 radical (unpaired) electrons. The van der Waals surface area contributed by atoms with E-state index in [2.05, 4.69) is 47.0 Å². The average Bonchev–Trinajstić information content (AvgIpc) is 3.19. The van der Waals surface area contributed by atoms with E-state index >= 15 is 0 Å². The molecule has 1 fully saturated rings. The van der Waals surface area contributed by atoms with E-state index in [9.17, 15) is 9.18 Å². The number of halogens is 1. The Morgan fingerprint density at radius 3 is 2.53 bits per heavy atom. The lowest BCUT2D eigenvalue weighted by molar-refractivity contribution is -0.117. The highest BCUT2D eigenvalue weighted by molar-refractivity contribution is 5.75. The number of hydrogen-bond acceptors (Lipinski definition) is 5. The van der Waals surface area contributed by atoms with Crippen molar-refractivity contribution in [3.05, 3.63) is 59.1 Å². The number of hydrogen-bond donors (Lipinski definition) is 1. The lowest BCUT2D eigenvalue weighted by Gasteiger charge is -2.35. The number of ketones is 1. The van der Waals surface area contributed by atoms with Gasteiger partial charge in [-0.25, -0.2) is 9.37 Å². The van der Waals surface area contributed by atoms with Gasteiger partial charge >= 0.3 is 0 Å². The van der Waals surface area contributed by atoms with Crippen LogP contribution in [0.4, 0.5) is 10.1 Å². The first-order valence-corrected chi connectivity index (χ1v) is 13.3. The van der Waals surface area contributed by atoms with Crippen molar-refractivity contribution in [2.45, 2.75) is 86.6 Å². The van der Waals surface area contributed by atoms with Crippen molar-refractivity contribution < 1.29 is 9.18 Å². The fourth-order valence-electron chi connectivity index (χ4n) is 4.38. The van der Waals surface area contributed by atoms with Crippen molar-refractivity contribution in [3.8, 4) is 0 Å². The van der Waals surface area contributed by atoms with Gasteiger partial charge in [-0.15, -0.1) is 0 Å². The molecule has 0 aliphatic carbocycles. The van der Waals surface area contributed by atoms with Crippen molar-refractivity contribution in [2.24, 2.45) is 0 Å². The SMILES string of the molecule is CCCC(C)=O.CCCc1c(N2CCN[C@@H](C)C2)ccnc1C.CCc1cn2cc(C)nc2cc1F. The average molecular weight is 498 g/mol. The van der Waals surface area contributed by atoms with Crippen molar-refractivity contribution in [3.63, 3.8) is 0 Å². The van der Waals surface area contributed by atoms with Gasteiger partial charge in [-0.2, -0.15) is 0 Å². The van der Waals surface area contributed by atoms with Crippen LogP contribution in [-0.4, -0.2) is 45.8 Å². The number of piperazine rings is 1. The minimum Gasteiger partial charge on any atom is -0.368 e. The van der Waals surface area contributed by atoms with E-state index in [1.54, 1.807) is 13.1 Å². The van der Waals surface area contributed by atoms with Crippen molar-refractivity contribution >= 4 is 17.1 Å². The molecule has 1 aliphatic heterocycles. The lowest BCUT2D eigenvalue weighted by atomic mass is 10.0. The van der Waals surface area contributed by atoms with Crippen LogP contribution in [0.15, 0.2) is 30.7 Å². The van der Waals surface area contributed by atoms with Crippen LogP contribution in [0.5, 0.6) is 0 Å². The molecular weight excluding hydrogens is 453 g/mol. The molecule has 3 aromatic heterocycles. The maximum Gasteiger partial charge on any atom is 0.139 e. The first kappa shape index (κ1) is 29.4. The molecule has 198 valence electrons. The molecule has 0 spiro atoms. The van der Waals surface area contributed by atoms with Gasteiger partial charge in [0.25, 0.3) is 0 Å². The highest BCUT2D eigenvalue weighted by Gasteiger charge is 2.19. The van der Waals surface area contributed by atoms with E-state index in [1.165, 1.54) is 29.4 Å². The fraction of sp³-hybridized carbons (Fsp3) is 0.552. The molecule has 36 heavy (non-hydrogen) atoms. The Morgan fingerprint density at radius 2 is 1.94 bits per heavy atom. The minimum absolute atomic E-state index is 0.166. The van der Waals surface area contributed by atoms with Crippen LogP contribution < -0.4 is 10.2 Å². The summed E-state index contributed by atoms with van der Waals surface area (Å²) >= 11 is 0. The van der Waals surface area contributed by atoms with Crippen LogP contribution in [0.1, 0.15) is 76.4 Å². The first-order chi connectivity index (χ1) is 17.2. The molecule has 1 saturated heterocycles. The number of aromatic nitrogens is 3. The number of aryl methyl sites for hydroxylation is 3. The molecule has 1 atom stereocenters. The summed E-state index contributed by atoms with van der Waals surface area (Å²) in [7, 11) is 0. The highest BCUT2D eigenvalue weighted by Crippen LogP contribution is 2.24. The van der Waals surface area contributed by atoms with E-state index in [0.29, 0.717) is 18.1 Å². The second kappa shape index (κ2) is 14.7.